The van der Waals surface area contributed by atoms with Crippen LogP contribution in [0.5, 0.6) is 0 Å². The molecule has 0 aliphatic heterocycles. The van der Waals surface area contributed by atoms with Gasteiger partial charge < -0.3 is 10.6 Å². The number of benzene rings is 1. The number of halogens is 1. The zero-order valence-electron chi connectivity index (χ0n) is 11.9. The monoisotopic (exact) mass is 292 g/mol. The minimum Gasteiger partial charge on any atom is -0.323 e. The molecule has 2 N–H and O–H groups in total. The van der Waals surface area contributed by atoms with Crippen molar-refractivity contribution in [2.75, 3.05) is 11.9 Å². The first-order valence-corrected chi connectivity index (χ1v) is 6.62. The van der Waals surface area contributed by atoms with Gasteiger partial charge in [0.1, 0.15) is 12.1 Å². The highest BCUT2D eigenvalue weighted by Crippen LogP contribution is 2.18. The van der Waals surface area contributed by atoms with Crippen LogP contribution in [0.4, 0.5) is 10.1 Å². The van der Waals surface area contributed by atoms with Gasteiger partial charge in [0.2, 0.25) is 5.91 Å². The van der Waals surface area contributed by atoms with Gasteiger partial charge in [-0.05, 0) is 28.6 Å². The maximum Gasteiger partial charge on any atom is 0.225 e. The summed E-state index contributed by atoms with van der Waals surface area (Å²) in [7, 11) is 0. The second-order valence-corrected chi connectivity index (χ2v) is 4.83. The van der Waals surface area contributed by atoms with E-state index >= 15 is 0 Å². The van der Waals surface area contributed by atoms with Gasteiger partial charge in [0.25, 0.3) is 0 Å². The SMILES string of the molecule is CC(C)NCCC(=O)Nc1cc(-n2cnnn2)ccc1F. The first kappa shape index (κ1) is 15.0. The molecule has 0 aliphatic rings. The number of aromatic nitrogens is 4. The van der Waals surface area contributed by atoms with Crippen LogP contribution in [0.1, 0.15) is 20.3 Å². The first-order chi connectivity index (χ1) is 10.1. The highest BCUT2D eigenvalue weighted by Gasteiger charge is 2.09. The fourth-order valence-electron chi connectivity index (χ4n) is 1.72. The largest absolute Gasteiger partial charge is 0.323 e. The number of nitrogens with zero attached hydrogens (tertiary/aromatic N) is 4. The van der Waals surface area contributed by atoms with Crippen molar-refractivity contribution in [3.8, 4) is 5.69 Å². The molecule has 0 saturated carbocycles. The van der Waals surface area contributed by atoms with E-state index in [-0.39, 0.29) is 18.0 Å². The summed E-state index contributed by atoms with van der Waals surface area (Å²) in [5, 5.41) is 16.4. The second kappa shape index (κ2) is 6.89. The molecule has 0 radical (unpaired) electrons. The molecule has 0 saturated heterocycles. The standard InChI is InChI=1S/C13H17FN6O/c1-9(2)15-6-5-13(21)17-12-7-10(3-4-11(12)14)20-8-16-18-19-20/h3-4,7-9,15H,5-6H2,1-2H3,(H,17,21). The van der Waals surface area contributed by atoms with Crippen molar-refractivity contribution in [1.82, 2.24) is 25.5 Å². The van der Waals surface area contributed by atoms with Gasteiger partial charge in [-0.15, -0.1) is 5.10 Å². The third-order valence-corrected chi connectivity index (χ3v) is 2.74. The van der Waals surface area contributed by atoms with Crippen LogP contribution in [0.15, 0.2) is 24.5 Å². The van der Waals surface area contributed by atoms with Crippen LogP contribution in [-0.4, -0.2) is 38.7 Å². The lowest BCUT2D eigenvalue weighted by Gasteiger charge is -2.10. The highest BCUT2D eigenvalue weighted by molar-refractivity contribution is 5.91. The number of tetrazole rings is 1. The Morgan fingerprint density at radius 3 is 2.90 bits per heavy atom. The van der Waals surface area contributed by atoms with Gasteiger partial charge in [0, 0.05) is 19.0 Å². The van der Waals surface area contributed by atoms with Gasteiger partial charge >= 0.3 is 0 Å². The van der Waals surface area contributed by atoms with E-state index in [1.807, 2.05) is 13.8 Å². The number of nitrogens with one attached hydrogen (secondary N) is 2. The van der Waals surface area contributed by atoms with Gasteiger partial charge in [0.15, 0.2) is 0 Å². The number of carbonyl (C=O) groups excluding carboxylic acids is 1. The summed E-state index contributed by atoms with van der Waals surface area (Å²) in [6.45, 7) is 4.53. The molecule has 0 aliphatic carbocycles. The van der Waals surface area contributed by atoms with Crippen molar-refractivity contribution >= 4 is 11.6 Å². The Balaban J connectivity index is 2.02. The number of hydrogen-bond donors (Lipinski definition) is 2. The van der Waals surface area contributed by atoms with E-state index in [1.54, 1.807) is 0 Å². The van der Waals surface area contributed by atoms with Crippen LogP contribution in [0.25, 0.3) is 5.69 Å². The smallest absolute Gasteiger partial charge is 0.225 e. The Morgan fingerprint density at radius 1 is 1.43 bits per heavy atom. The van der Waals surface area contributed by atoms with Crippen LogP contribution < -0.4 is 10.6 Å². The van der Waals surface area contributed by atoms with E-state index in [0.29, 0.717) is 18.3 Å². The van der Waals surface area contributed by atoms with Crippen molar-refractivity contribution in [2.45, 2.75) is 26.3 Å². The number of amides is 1. The second-order valence-electron chi connectivity index (χ2n) is 4.83. The van der Waals surface area contributed by atoms with Crippen molar-refractivity contribution in [2.24, 2.45) is 0 Å². The lowest BCUT2D eigenvalue weighted by atomic mass is 10.2. The molecule has 0 fully saturated rings. The summed E-state index contributed by atoms with van der Waals surface area (Å²) < 4.78 is 15.1. The molecule has 0 spiro atoms. The van der Waals surface area contributed by atoms with E-state index in [4.69, 9.17) is 0 Å². The molecule has 2 aromatic rings. The molecule has 1 aromatic heterocycles. The third-order valence-electron chi connectivity index (χ3n) is 2.74. The van der Waals surface area contributed by atoms with E-state index in [1.165, 1.54) is 29.2 Å². The molecule has 1 amide bonds. The summed E-state index contributed by atoms with van der Waals surface area (Å²) in [4.78, 5) is 11.8. The van der Waals surface area contributed by atoms with Gasteiger partial charge in [0.05, 0.1) is 11.4 Å². The van der Waals surface area contributed by atoms with Crippen LogP contribution in [0.3, 0.4) is 0 Å². The lowest BCUT2D eigenvalue weighted by Crippen LogP contribution is -2.27. The Morgan fingerprint density at radius 2 is 2.24 bits per heavy atom. The van der Waals surface area contributed by atoms with Gasteiger partial charge in [-0.1, -0.05) is 13.8 Å². The summed E-state index contributed by atoms with van der Waals surface area (Å²) in [5.74, 6) is -0.757. The van der Waals surface area contributed by atoms with Crippen LogP contribution in [0.2, 0.25) is 0 Å². The molecule has 2 rings (SSSR count). The van der Waals surface area contributed by atoms with Crippen molar-refractivity contribution in [3.63, 3.8) is 0 Å². The van der Waals surface area contributed by atoms with E-state index < -0.39 is 5.82 Å². The molecular formula is C13H17FN6O. The average Bonchev–Trinajstić information content (AvgIpc) is 2.95. The van der Waals surface area contributed by atoms with E-state index in [2.05, 4.69) is 26.2 Å². The molecule has 112 valence electrons. The summed E-state index contributed by atoms with van der Waals surface area (Å²) in [6, 6.07) is 4.58. The summed E-state index contributed by atoms with van der Waals surface area (Å²) in [6.07, 6.45) is 1.66. The molecule has 1 aromatic carbocycles. The average molecular weight is 292 g/mol. The van der Waals surface area contributed by atoms with Gasteiger partial charge in [-0.25, -0.2) is 9.07 Å². The van der Waals surface area contributed by atoms with E-state index in [9.17, 15) is 9.18 Å². The Hall–Kier alpha value is -2.35. The number of anilines is 1. The maximum atomic E-state index is 13.7. The van der Waals surface area contributed by atoms with Crippen LogP contribution in [0, 0.1) is 5.82 Å². The molecular weight excluding hydrogens is 275 g/mol. The minimum absolute atomic E-state index is 0.109. The predicted octanol–water partition coefficient (Wildman–Crippen LogP) is 1.13. The van der Waals surface area contributed by atoms with Gasteiger partial charge in [-0.3, -0.25) is 4.79 Å². The van der Waals surface area contributed by atoms with Crippen molar-refractivity contribution in [3.05, 3.63) is 30.3 Å². The topological polar surface area (TPSA) is 84.7 Å². The predicted molar refractivity (Wildman–Crippen MR) is 75.5 cm³/mol. The molecule has 21 heavy (non-hydrogen) atoms. The zero-order chi connectivity index (χ0) is 15.2. The molecule has 1 heterocycles. The quantitative estimate of drug-likeness (QED) is 0.833. The lowest BCUT2D eigenvalue weighted by molar-refractivity contribution is -0.116. The van der Waals surface area contributed by atoms with Crippen LogP contribution in [-0.2, 0) is 4.79 Å². The fourth-order valence-corrected chi connectivity index (χ4v) is 1.72. The minimum atomic E-state index is -0.503. The van der Waals surface area contributed by atoms with Crippen molar-refractivity contribution < 1.29 is 9.18 Å². The summed E-state index contributed by atoms with van der Waals surface area (Å²) in [5.41, 5.74) is 0.676. The Labute approximate surface area is 121 Å². The first-order valence-electron chi connectivity index (χ1n) is 6.62. The third kappa shape index (κ3) is 4.32. The Kier molecular flexibility index (Phi) is 4.94. The highest BCUT2D eigenvalue weighted by atomic mass is 19.1. The normalized spacial score (nSPS) is 10.9. The maximum absolute atomic E-state index is 13.7. The zero-order valence-corrected chi connectivity index (χ0v) is 11.9. The molecule has 8 heteroatoms. The number of hydrogen-bond acceptors (Lipinski definition) is 5. The van der Waals surface area contributed by atoms with Crippen LogP contribution >= 0.6 is 0 Å². The Bertz CT molecular complexity index is 599. The summed E-state index contributed by atoms with van der Waals surface area (Å²) >= 11 is 0. The molecule has 0 atom stereocenters. The van der Waals surface area contributed by atoms with Gasteiger partial charge in [-0.2, -0.15) is 0 Å². The molecule has 0 unspecified atom stereocenters. The molecule has 7 nitrogen and oxygen atoms in total. The van der Waals surface area contributed by atoms with E-state index in [0.717, 1.165) is 0 Å². The fraction of sp³-hybridized carbons (Fsp3) is 0.385. The number of rotatable bonds is 6. The van der Waals surface area contributed by atoms with Crippen molar-refractivity contribution in [1.29, 1.82) is 0 Å². The number of carbonyl (C=O) groups is 1. The molecule has 0 bridgehead atoms.